The number of Topliss-reactive ketones (excluding diaryl/α,β-unsaturated/α-hetero) is 1. The Morgan fingerprint density at radius 3 is 2.16 bits per heavy atom. The van der Waals surface area contributed by atoms with E-state index in [1.165, 1.54) is 26.9 Å². The van der Waals surface area contributed by atoms with Crippen molar-refractivity contribution in [3.05, 3.63) is 118 Å². The molecular formula is C37H36N2O6. The van der Waals surface area contributed by atoms with E-state index in [1.54, 1.807) is 24.1 Å². The summed E-state index contributed by atoms with van der Waals surface area (Å²) in [7, 11) is 6.14. The summed E-state index contributed by atoms with van der Waals surface area (Å²) in [5, 5.41) is 3.60. The molecule has 0 saturated heterocycles. The highest BCUT2D eigenvalue weighted by atomic mass is 16.5. The third kappa shape index (κ3) is 5.48. The first-order valence-electron chi connectivity index (χ1n) is 14.8. The molecular weight excluding hydrogens is 568 g/mol. The van der Waals surface area contributed by atoms with Crippen molar-refractivity contribution in [1.29, 1.82) is 0 Å². The zero-order valence-electron chi connectivity index (χ0n) is 26.0. The van der Waals surface area contributed by atoms with Crippen molar-refractivity contribution in [2.45, 2.75) is 31.7 Å². The van der Waals surface area contributed by atoms with Gasteiger partial charge in [-0.15, -0.1) is 0 Å². The molecule has 4 aromatic rings. The van der Waals surface area contributed by atoms with E-state index < -0.39 is 6.04 Å². The molecule has 0 aromatic heterocycles. The number of rotatable bonds is 7. The first kappa shape index (κ1) is 29.8. The first-order valence-corrected chi connectivity index (χ1v) is 14.8. The van der Waals surface area contributed by atoms with Crippen LogP contribution in [0.1, 0.15) is 51.8 Å². The third-order valence-electron chi connectivity index (χ3n) is 8.58. The van der Waals surface area contributed by atoms with Crippen LogP contribution in [0.5, 0.6) is 23.0 Å². The van der Waals surface area contributed by atoms with Gasteiger partial charge in [0.2, 0.25) is 5.75 Å². The number of anilines is 2. The van der Waals surface area contributed by atoms with Crippen LogP contribution >= 0.6 is 0 Å². The monoisotopic (exact) mass is 604 g/mol. The number of nitrogens with one attached hydrogen (secondary N) is 1. The van der Waals surface area contributed by atoms with Crippen LogP contribution in [0.4, 0.5) is 11.4 Å². The number of methoxy groups -OCH3 is 4. The van der Waals surface area contributed by atoms with E-state index in [1.807, 2.05) is 48.5 Å². The molecule has 8 heteroatoms. The smallest absolute Gasteiger partial charge is 0.259 e. The molecule has 1 heterocycles. The molecule has 230 valence electrons. The van der Waals surface area contributed by atoms with Crippen LogP contribution in [0.25, 0.3) is 0 Å². The van der Waals surface area contributed by atoms with Crippen LogP contribution in [0, 0.1) is 6.92 Å². The zero-order valence-corrected chi connectivity index (χ0v) is 26.0. The fraction of sp³-hybridized carbons (Fsp3) is 0.243. The number of allylic oxidation sites excluding steroid dienone is 1. The molecule has 2 atom stereocenters. The maximum Gasteiger partial charge on any atom is 0.259 e. The largest absolute Gasteiger partial charge is 0.497 e. The topological polar surface area (TPSA) is 86.3 Å². The predicted octanol–water partition coefficient (Wildman–Crippen LogP) is 7.24. The second-order valence-electron chi connectivity index (χ2n) is 11.2. The molecule has 0 spiro atoms. The molecule has 1 N–H and O–H groups in total. The van der Waals surface area contributed by atoms with Gasteiger partial charge in [-0.3, -0.25) is 14.5 Å². The highest BCUT2D eigenvalue weighted by Crippen LogP contribution is 2.49. The minimum absolute atomic E-state index is 0.000154. The van der Waals surface area contributed by atoms with Crippen LogP contribution in [0.2, 0.25) is 0 Å². The van der Waals surface area contributed by atoms with Crippen molar-refractivity contribution in [2.75, 3.05) is 38.7 Å². The number of hydrogen-bond acceptors (Lipinski definition) is 7. The van der Waals surface area contributed by atoms with Gasteiger partial charge in [-0.1, -0.05) is 54.1 Å². The number of hydrogen-bond donors (Lipinski definition) is 1. The van der Waals surface area contributed by atoms with Gasteiger partial charge < -0.3 is 24.3 Å². The normalized spacial score (nSPS) is 17.4. The highest BCUT2D eigenvalue weighted by Gasteiger charge is 2.42. The molecule has 45 heavy (non-hydrogen) atoms. The molecule has 6 rings (SSSR count). The van der Waals surface area contributed by atoms with Crippen LogP contribution in [0.15, 0.2) is 96.2 Å². The molecule has 2 aliphatic rings. The zero-order chi connectivity index (χ0) is 31.7. The number of ketones is 1. The summed E-state index contributed by atoms with van der Waals surface area (Å²) in [5.41, 5.74) is 6.08. The molecule has 2 unspecified atom stereocenters. The van der Waals surface area contributed by atoms with Crippen LogP contribution in [0.3, 0.4) is 0 Å². The minimum Gasteiger partial charge on any atom is -0.497 e. The summed E-state index contributed by atoms with van der Waals surface area (Å²) in [4.78, 5) is 31.0. The van der Waals surface area contributed by atoms with E-state index in [9.17, 15) is 9.59 Å². The van der Waals surface area contributed by atoms with Crippen molar-refractivity contribution < 1.29 is 28.5 Å². The standard InChI is InChI=1S/C37H36N2O6/c1-22-13-15-23(16-14-22)25-18-29-34(31(40)19-25)35(24-9-8-10-27(17-24)42-2)39(30-12-7-6-11-28(30)38-29)37(41)26-20-32(43-3)36(45-5)33(21-26)44-4/h6-17,20-21,25,35,38H,18-19H2,1-5H3. The Morgan fingerprint density at radius 1 is 0.778 bits per heavy atom. The summed E-state index contributed by atoms with van der Waals surface area (Å²) in [6.45, 7) is 2.05. The Hall–Kier alpha value is -5.24. The van der Waals surface area contributed by atoms with Gasteiger partial charge in [-0.25, -0.2) is 0 Å². The number of ether oxygens (including phenoxy) is 4. The number of nitrogens with zero attached hydrogens (tertiary/aromatic N) is 1. The minimum atomic E-state index is -0.746. The van der Waals surface area contributed by atoms with Gasteiger partial charge >= 0.3 is 0 Å². The quantitative estimate of drug-likeness (QED) is 0.238. The average molecular weight is 605 g/mol. The Morgan fingerprint density at radius 2 is 1.49 bits per heavy atom. The van der Waals surface area contributed by atoms with Crippen molar-refractivity contribution >= 4 is 23.1 Å². The molecule has 1 aliphatic carbocycles. The van der Waals surface area contributed by atoms with Gasteiger partial charge in [-0.2, -0.15) is 0 Å². The lowest BCUT2D eigenvalue weighted by atomic mass is 9.78. The second-order valence-corrected chi connectivity index (χ2v) is 11.2. The number of fused-ring (bicyclic) bond motifs is 1. The SMILES string of the molecule is COc1cccc(C2C3=C(CC(c4ccc(C)cc4)CC3=O)Nc3ccccc3N2C(=O)c2cc(OC)c(OC)c(OC)c2)c1. The van der Waals surface area contributed by atoms with Crippen LogP contribution in [-0.4, -0.2) is 40.1 Å². The van der Waals surface area contributed by atoms with Crippen LogP contribution < -0.4 is 29.2 Å². The summed E-state index contributed by atoms with van der Waals surface area (Å²) in [6.07, 6.45) is 0.942. The van der Waals surface area contributed by atoms with Crippen molar-refractivity contribution in [2.24, 2.45) is 0 Å². The number of aryl methyl sites for hydroxylation is 1. The number of carbonyl (C=O) groups excluding carboxylic acids is 2. The number of carbonyl (C=O) groups is 2. The summed E-state index contributed by atoms with van der Waals surface area (Å²) < 4.78 is 22.3. The van der Waals surface area contributed by atoms with E-state index in [-0.39, 0.29) is 17.6 Å². The van der Waals surface area contributed by atoms with Gasteiger partial charge in [-0.05, 0) is 66.8 Å². The van der Waals surface area contributed by atoms with Gasteiger partial charge in [0, 0.05) is 23.3 Å². The molecule has 8 nitrogen and oxygen atoms in total. The molecule has 4 aromatic carbocycles. The van der Waals surface area contributed by atoms with E-state index in [2.05, 4.69) is 36.5 Å². The molecule has 0 fully saturated rings. The van der Waals surface area contributed by atoms with E-state index >= 15 is 0 Å². The average Bonchev–Trinajstić information content (AvgIpc) is 3.22. The highest BCUT2D eigenvalue weighted by molar-refractivity contribution is 6.12. The molecule has 0 radical (unpaired) electrons. The fourth-order valence-corrected chi connectivity index (χ4v) is 6.36. The van der Waals surface area contributed by atoms with Gasteiger partial charge in [0.15, 0.2) is 17.3 Å². The summed E-state index contributed by atoms with van der Waals surface area (Å²) >= 11 is 0. The Labute approximate surface area is 263 Å². The maximum atomic E-state index is 14.9. The molecule has 0 saturated carbocycles. The predicted molar refractivity (Wildman–Crippen MR) is 174 cm³/mol. The second kappa shape index (κ2) is 12.4. The summed E-state index contributed by atoms with van der Waals surface area (Å²) in [6, 6.07) is 26.1. The van der Waals surface area contributed by atoms with E-state index in [0.29, 0.717) is 52.7 Å². The Balaban J connectivity index is 1.57. The van der Waals surface area contributed by atoms with Crippen molar-refractivity contribution in [1.82, 2.24) is 0 Å². The van der Waals surface area contributed by atoms with E-state index in [0.717, 1.165) is 22.5 Å². The summed E-state index contributed by atoms with van der Waals surface area (Å²) in [5.74, 6) is 1.37. The third-order valence-corrected chi connectivity index (χ3v) is 8.58. The van der Waals surface area contributed by atoms with Crippen molar-refractivity contribution in [3.63, 3.8) is 0 Å². The van der Waals surface area contributed by atoms with Crippen molar-refractivity contribution in [3.8, 4) is 23.0 Å². The Bertz CT molecular complexity index is 1770. The lowest BCUT2D eigenvalue weighted by molar-refractivity contribution is -0.116. The molecule has 1 aliphatic heterocycles. The van der Waals surface area contributed by atoms with Crippen LogP contribution in [-0.2, 0) is 4.79 Å². The van der Waals surface area contributed by atoms with Gasteiger partial charge in [0.05, 0.1) is 45.9 Å². The van der Waals surface area contributed by atoms with Gasteiger partial charge in [0.25, 0.3) is 5.91 Å². The first-order chi connectivity index (χ1) is 21.9. The Kier molecular flexibility index (Phi) is 8.22. The maximum absolute atomic E-state index is 14.9. The number of benzene rings is 4. The molecule has 0 bridgehead atoms. The van der Waals surface area contributed by atoms with Gasteiger partial charge in [0.1, 0.15) is 5.75 Å². The molecule has 1 amide bonds. The lowest BCUT2D eigenvalue weighted by Gasteiger charge is -2.35. The number of para-hydroxylation sites is 2. The lowest BCUT2D eigenvalue weighted by Crippen LogP contribution is -2.38. The number of amides is 1. The van der Waals surface area contributed by atoms with E-state index in [4.69, 9.17) is 18.9 Å². The fourth-order valence-electron chi connectivity index (χ4n) is 6.36.